The summed E-state index contributed by atoms with van der Waals surface area (Å²) in [7, 11) is 1.59. The second-order valence-electron chi connectivity index (χ2n) is 9.64. The van der Waals surface area contributed by atoms with Crippen LogP contribution in [0.2, 0.25) is 0 Å². The van der Waals surface area contributed by atoms with E-state index in [9.17, 15) is 0 Å². The standard InChI is InChI=1S/C25H29N5O2/c1-25(2,3)24-20(26)7-8-30(24)22-11-21-19(13-27-22)18-6-5-15(9-17(18)14-32-21)16-10-23(31-4)29-28-12-16/h5-6,9-13,20,24H,7-8,14,26H2,1-4H3. The molecular formula is C25H29N5O2. The molecule has 2 aromatic heterocycles. The van der Waals surface area contributed by atoms with Gasteiger partial charge >= 0.3 is 0 Å². The molecule has 0 aliphatic carbocycles. The molecule has 0 spiro atoms. The van der Waals surface area contributed by atoms with Gasteiger partial charge in [0.15, 0.2) is 0 Å². The molecule has 5 rings (SSSR count). The summed E-state index contributed by atoms with van der Waals surface area (Å²) in [6, 6.07) is 10.7. The zero-order chi connectivity index (χ0) is 22.5. The molecule has 2 atom stereocenters. The van der Waals surface area contributed by atoms with Crippen LogP contribution in [0.15, 0.2) is 42.7 Å². The molecule has 0 amide bonds. The average molecular weight is 432 g/mol. The van der Waals surface area contributed by atoms with Crippen LogP contribution in [0.5, 0.6) is 11.6 Å². The highest BCUT2D eigenvalue weighted by atomic mass is 16.5. The van der Waals surface area contributed by atoms with Crippen molar-refractivity contribution in [1.29, 1.82) is 0 Å². The summed E-state index contributed by atoms with van der Waals surface area (Å²) in [5, 5.41) is 7.98. The number of fused-ring (bicyclic) bond motifs is 3. The summed E-state index contributed by atoms with van der Waals surface area (Å²) in [6.07, 6.45) is 4.65. The third-order valence-corrected chi connectivity index (χ3v) is 6.43. The number of nitrogens with zero attached hydrogens (tertiary/aromatic N) is 4. The van der Waals surface area contributed by atoms with Gasteiger partial charge in [0.05, 0.1) is 19.3 Å². The van der Waals surface area contributed by atoms with Gasteiger partial charge in [0.2, 0.25) is 5.88 Å². The van der Waals surface area contributed by atoms with Crippen molar-refractivity contribution in [2.45, 2.75) is 45.9 Å². The summed E-state index contributed by atoms with van der Waals surface area (Å²) in [4.78, 5) is 7.17. The molecule has 2 aliphatic heterocycles. The van der Waals surface area contributed by atoms with E-state index in [1.165, 1.54) is 0 Å². The number of benzene rings is 1. The number of anilines is 1. The minimum atomic E-state index is 0.0713. The Morgan fingerprint density at radius 2 is 1.94 bits per heavy atom. The van der Waals surface area contributed by atoms with Crippen LogP contribution in [0.3, 0.4) is 0 Å². The largest absolute Gasteiger partial charge is 0.488 e. The molecule has 2 unspecified atom stereocenters. The molecule has 7 heteroatoms. The Labute approximate surface area is 188 Å². The number of aromatic nitrogens is 3. The van der Waals surface area contributed by atoms with E-state index in [4.69, 9.17) is 20.2 Å². The van der Waals surface area contributed by atoms with E-state index in [-0.39, 0.29) is 17.5 Å². The van der Waals surface area contributed by atoms with Gasteiger partial charge in [-0.15, -0.1) is 5.10 Å². The van der Waals surface area contributed by atoms with Crippen molar-refractivity contribution in [2.75, 3.05) is 18.6 Å². The smallest absolute Gasteiger partial charge is 0.233 e. The predicted octanol–water partition coefficient (Wildman–Crippen LogP) is 4.06. The summed E-state index contributed by atoms with van der Waals surface area (Å²) in [6.45, 7) is 8.15. The lowest BCUT2D eigenvalue weighted by atomic mass is 9.83. The maximum Gasteiger partial charge on any atom is 0.233 e. The van der Waals surface area contributed by atoms with E-state index in [1.807, 2.05) is 12.3 Å². The Bertz CT molecular complexity index is 1160. The molecule has 0 saturated carbocycles. The van der Waals surface area contributed by atoms with Crippen LogP contribution in [0.4, 0.5) is 5.82 Å². The highest BCUT2D eigenvalue weighted by Gasteiger charge is 2.40. The molecule has 0 radical (unpaired) electrons. The quantitative estimate of drug-likeness (QED) is 0.669. The van der Waals surface area contributed by atoms with Crippen molar-refractivity contribution < 1.29 is 9.47 Å². The molecule has 1 saturated heterocycles. The van der Waals surface area contributed by atoms with E-state index in [1.54, 1.807) is 13.3 Å². The molecule has 1 aromatic carbocycles. The van der Waals surface area contributed by atoms with Crippen LogP contribution in [-0.2, 0) is 6.61 Å². The summed E-state index contributed by atoms with van der Waals surface area (Å²) in [5.74, 6) is 2.30. The first-order valence-electron chi connectivity index (χ1n) is 11.0. The van der Waals surface area contributed by atoms with Gasteiger partial charge in [-0.1, -0.05) is 32.9 Å². The van der Waals surface area contributed by atoms with Crippen molar-refractivity contribution in [1.82, 2.24) is 15.2 Å². The van der Waals surface area contributed by atoms with Crippen LogP contribution in [0, 0.1) is 5.41 Å². The first-order chi connectivity index (χ1) is 15.3. The third-order valence-electron chi connectivity index (χ3n) is 6.43. The third kappa shape index (κ3) is 3.56. The van der Waals surface area contributed by atoms with Crippen molar-refractivity contribution >= 4 is 5.82 Å². The number of pyridine rings is 1. The van der Waals surface area contributed by atoms with Gasteiger partial charge in [-0.2, -0.15) is 5.10 Å². The fraction of sp³-hybridized carbons (Fsp3) is 0.400. The minimum absolute atomic E-state index is 0.0713. The lowest BCUT2D eigenvalue weighted by Crippen LogP contribution is -2.48. The molecule has 4 heterocycles. The van der Waals surface area contributed by atoms with Gasteiger partial charge < -0.3 is 20.1 Å². The maximum atomic E-state index is 6.46. The van der Waals surface area contributed by atoms with E-state index in [2.05, 4.69) is 60.1 Å². The van der Waals surface area contributed by atoms with Gasteiger partial charge in [0.1, 0.15) is 18.2 Å². The molecule has 2 N–H and O–H groups in total. The number of rotatable bonds is 3. The number of hydrogen-bond donors (Lipinski definition) is 1. The van der Waals surface area contributed by atoms with E-state index < -0.39 is 0 Å². The summed E-state index contributed by atoms with van der Waals surface area (Å²) in [5.41, 5.74) is 11.8. The maximum absolute atomic E-state index is 6.46. The van der Waals surface area contributed by atoms with E-state index in [0.717, 1.165) is 52.4 Å². The van der Waals surface area contributed by atoms with Crippen LogP contribution >= 0.6 is 0 Å². The van der Waals surface area contributed by atoms with Crippen LogP contribution in [0.25, 0.3) is 22.3 Å². The average Bonchev–Trinajstić information content (AvgIpc) is 3.20. The molecular weight excluding hydrogens is 402 g/mol. The minimum Gasteiger partial charge on any atom is -0.488 e. The second-order valence-corrected chi connectivity index (χ2v) is 9.64. The molecule has 1 fully saturated rings. The first-order valence-corrected chi connectivity index (χ1v) is 11.0. The summed E-state index contributed by atoms with van der Waals surface area (Å²) < 4.78 is 11.4. The predicted molar refractivity (Wildman–Crippen MR) is 125 cm³/mol. The van der Waals surface area contributed by atoms with E-state index in [0.29, 0.717) is 12.5 Å². The van der Waals surface area contributed by atoms with Crippen molar-refractivity contribution in [2.24, 2.45) is 11.1 Å². The SMILES string of the molecule is COc1cc(-c2ccc3c(c2)COc2cc(N4CCC(N)C4C(C)(C)C)ncc2-3)cnn1. The fourth-order valence-electron chi connectivity index (χ4n) is 5.00. The Hall–Kier alpha value is -3.19. The Morgan fingerprint density at radius 3 is 2.72 bits per heavy atom. The number of methoxy groups -OCH3 is 1. The normalized spacial score (nSPS) is 19.8. The molecule has 2 aliphatic rings. The van der Waals surface area contributed by atoms with Crippen molar-refractivity contribution in [3.63, 3.8) is 0 Å². The monoisotopic (exact) mass is 431 g/mol. The van der Waals surface area contributed by atoms with Crippen LogP contribution < -0.4 is 20.1 Å². The molecule has 32 heavy (non-hydrogen) atoms. The van der Waals surface area contributed by atoms with Gasteiger partial charge in [-0.25, -0.2) is 4.98 Å². The molecule has 0 bridgehead atoms. The topological polar surface area (TPSA) is 86.4 Å². The first kappa shape index (κ1) is 20.7. The van der Waals surface area contributed by atoms with Gasteiger partial charge in [0.25, 0.3) is 0 Å². The number of ether oxygens (including phenoxy) is 2. The van der Waals surface area contributed by atoms with Gasteiger partial charge in [0, 0.05) is 42.0 Å². The summed E-state index contributed by atoms with van der Waals surface area (Å²) >= 11 is 0. The second kappa shape index (κ2) is 7.74. The molecule has 166 valence electrons. The Kier molecular flexibility index (Phi) is 5.01. The van der Waals surface area contributed by atoms with Gasteiger partial charge in [-0.3, -0.25) is 0 Å². The fourth-order valence-corrected chi connectivity index (χ4v) is 5.00. The Balaban J connectivity index is 1.47. The molecule has 3 aromatic rings. The highest BCUT2D eigenvalue weighted by molar-refractivity contribution is 5.79. The lowest BCUT2D eigenvalue weighted by molar-refractivity contribution is 0.294. The van der Waals surface area contributed by atoms with Crippen molar-refractivity contribution in [3.8, 4) is 33.9 Å². The lowest BCUT2D eigenvalue weighted by Gasteiger charge is -2.38. The van der Waals surface area contributed by atoms with Crippen molar-refractivity contribution in [3.05, 3.63) is 48.3 Å². The highest BCUT2D eigenvalue weighted by Crippen LogP contribution is 2.42. The zero-order valence-corrected chi connectivity index (χ0v) is 19.0. The van der Waals surface area contributed by atoms with Crippen LogP contribution in [0.1, 0.15) is 32.8 Å². The van der Waals surface area contributed by atoms with Crippen LogP contribution in [-0.4, -0.2) is 40.9 Å². The van der Waals surface area contributed by atoms with E-state index >= 15 is 0 Å². The van der Waals surface area contributed by atoms with Gasteiger partial charge in [-0.05, 0) is 34.6 Å². The number of hydrogen-bond acceptors (Lipinski definition) is 7. The number of nitrogens with two attached hydrogens (primary N) is 1. The zero-order valence-electron chi connectivity index (χ0n) is 19.0. The molecule has 7 nitrogen and oxygen atoms in total. The Morgan fingerprint density at radius 1 is 1.09 bits per heavy atom.